The molecular weight excluding hydrogens is 254 g/mol. The third kappa shape index (κ3) is 2.36. The summed E-state index contributed by atoms with van der Waals surface area (Å²) in [7, 11) is 0. The van der Waals surface area contributed by atoms with Crippen molar-refractivity contribution in [2.45, 2.75) is 19.4 Å². The van der Waals surface area contributed by atoms with Crippen molar-refractivity contribution in [3.05, 3.63) is 30.0 Å². The molecule has 1 aromatic heterocycles. The molecule has 2 heterocycles. The molecule has 0 aliphatic carbocycles. The number of ether oxygens (including phenoxy) is 1. The number of anilines is 1. The molecular formula is C15H19N3O2. The van der Waals surface area contributed by atoms with E-state index in [9.17, 15) is 4.79 Å². The summed E-state index contributed by atoms with van der Waals surface area (Å²) >= 11 is 0. The summed E-state index contributed by atoms with van der Waals surface area (Å²) in [5.74, 6) is 0.0540. The van der Waals surface area contributed by atoms with E-state index >= 15 is 0 Å². The largest absolute Gasteiger partial charge is 0.399 e. The SMILES string of the molecule is CC1CN(C(=O)c2c[nH]c3cc(N)ccc23)CCCO1. The Hall–Kier alpha value is -2.01. The molecule has 1 aliphatic rings. The first kappa shape index (κ1) is 13.0. The molecule has 5 nitrogen and oxygen atoms in total. The zero-order valence-electron chi connectivity index (χ0n) is 11.6. The zero-order valence-corrected chi connectivity index (χ0v) is 11.6. The van der Waals surface area contributed by atoms with Gasteiger partial charge in [0.2, 0.25) is 0 Å². The number of fused-ring (bicyclic) bond motifs is 1. The zero-order chi connectivity index (χ0) is 14.1. The van der Waals surface area contributed by atoms with Gasteiger partial charge in [-0.2, -0.15) is 0 Å². The maximum absolute atomic E-state index is 12.7. The van der Waals surface area contributed by atoms with Crippen LogP contribution in [-0.2, 0) is 4.74 Å². The molecule has 1 aromatic carbocycles. The molecule has 0 spiro atoms. The van der Waals surface area contributed by atoms with Crippen LogP contribution in [0.3, 0.4) is 0 Å². The number of carbonyl (C=O) groups excluding carboxylic acids is 1. The van der Waals surface area contributed by atoms with Gasteiger partial charge >= 0.3 is 0 Å². The lowest BCUT2D eigenvalue weighted by atomic mass is 10.1. The number of benzene rings is 1. The molecule has 3 N–H and O–H groups in total. The quantitative estimate of drug-likeness (QED) is 0.781. The van der Waals surface area contributed by atoms with Gasteiger partial charge in [-0.25, -0.2) is 0 Å². The molecule has 1 aliphatic heterocycles. The van der Waals surface area contributed by atoms with Crippen molar-refractivity contribution in [2.24, 2.45) is 0 Å². The van der Waals surface area contributed by atoms with Crippen LogP contribution in [0.1, 0.15) is 23.7 Å². The third-order valence-electron chi connectivity index (χ3n) is 3.68. The summed E-state index contributed by atoms with van der Waals surface area (Å²) in [5.41, 5.74) is 8.05. The lowest BCUT2D eigenvalue weighted by Gasteiger charge is -2.21. The molecule has 2 aromatic rings. The first-order valence-corrected chi connectivity index (χ1v) is 6.92. The van der Waals surface area contributed by atoms with E-state index in [2.05, 4.69) is 4.98 Å². The fraction of sp³-hybridized carbons (Fsp3) is 0.400. The maximum Gasteiger partial charge on any atom is 0.256 e. The van der Waals surface area contributed by atoms with E-state index in [1.807, 2.05) is 30.0 Å². The Bertz CT molecular complexity index is 635. The standard InChI is InChI=1S/C15H19N3O2/c1-10-9-18(5-2-6-20-10)15(19)13-8-17-14-7-11(16)3-4-12(13)14/h3-4,7-8,10,17H,2,5-6,9,16H2,1H3. The van der Waals surface area contributed by atoms with Crippen molar-refractivity contribution in [1.82, 2.24) is 9.88 Å². The van der Waals surface area contributed by atoms with Crippen LogP contribution in [0.5, 0.6) is 0 Å². The summed E-state index contributed by atoms with van der Waals surface area (Å²) in [6, 6.07) is 5.56. The average molecular weight is 273 g/mol. The number of rotatable bonds is 1. The minimum atomic E-state index is 0.0540. The van der Waals surface area contributed by atoms with E-state index in [-0.39, 0.29) is 12.0 Å². The number of nitrogens with one attached hydrogen (secondary N) is 1. The second kappa shape index (κ2) is 5.17. The summed E-state index contributed by atoms with van der Waals surface area (Å²) in [5, 5.41) is 0.919. The predicted octanol–water partition coefficient (Wildman–Crippen LogP) is 2.00. The Morgan fingerprint density at radius 3 is 3.20 bits per heavy atom. The molecule has 1 atom stereocenters. The Balaban J connectivity index is 1.91. The third-order valence-corrected chi connectivity index (χ3v) is 3.68. The van der Waals surface area contributed by atoms with Gasteiger partial charge in [-0.05, 0) is 31.5 Å². The molecule has 20 heavy (non-hydrogen) atoms. The number of H-pyrrole nitrogens is 1. The fourth-order valence-corrected chi connectivity index (χ4v) is 2.67. The number of hydrogen-bond donors (Lipinski definition) is 2. The van der Waals surface area contributed by atoms with Crippen molar-refractivity contribution >= 4 is 22.5 Å². The van der Waals surface area contributed by atoms with Crippen LogP contribution in [0.25, 0.3) is 10.9 Å². The number of amides is 1. The summed E-state index contributed by atoms with van der Waals surface area (Å²) in [4.78, 5) is 17.7. The summed E-state index contributed by atoms with van der Waals surface area (Å²) < 4.78 is 5.59. The molecule has 0 saturated carbocycles. The van der Waals surface area contributed by atoms with Crippen molar-refractivity contribution in [3.63, 3.8) is 0 Å². The highest BCUT2D eigenvalue weighted by molar-refractivity contribution is 6.07. The van der Waals surface area contributed by atoms with E-state index < -0.39 is 0 Å². The van der Waals surface area contributed by atoms with Crippen LogP contribution in [0.15, 0.2) is 24.4 Å². The van der Waals surface area contributed by atoms with Gasteiger partial charge in [0.15, 0.2) is 0 Å². The van der Waals surface area contributed by atoms with Gasteiger partial charge in [-0.15, -0.1) is 0 Å². The number of nitrogens with two attached hydrogens (primary N) is 1. The minimum Gasteiger partial charge on any atom is -0.399 e. The Kier molecular flexibility index (Phi) is 3.36. The summed E-state index contributed by atoms with van der Waals surface area (Å²) in [6.07, 6.45) is 2.73. The number of aromatic amines is 1. The van der Waals surface area contributed by atoms with Crippen molar-refractivity contribution < 1.29 is 9.53 Å². The van der Waals surface area contributed by atoms with E-state index in [4.69, 9.17) is 10.5 Å². The topological polar surface area (TPSA) is 71.4 Å². The molecule has 106 valence electrons. The number of aromatic nitrogens is 1. The highest BCUT2D eigenvalue weighted by Gasteiger charge is 2.23. The molecule has 1 unspecified atom stereocenters. The number of nitrogens with zero attached hydrogens (tertiary/aromatic N) is 1. The van der Waals surface area contributed by atoms with Crippen molar-refractivity contribution in [2.75, 3.05) is 25.4 Å². The molecule has 1 fully saturated rings. The van der Waals surface area contributed by atoms with Crippen LogP contribution in [0.4, 0.5) is 5.69 Å². The van der Waals surface area contributed by atoms with Gasteiger partial charge in [0.1, 0.15) is 0 Å². The van der Waals surface area contributed by atoms with Crippen molar-refractivity contribution in [1.29, 1.82) is 0 Å². The molecule has 1 saturated heterocycles. The van der Waals surface area contributed by atoms with Crippen LogP contribution in [0.2, 0.25) is 0 Å². The van der Waals surface area contributed by atoms with Gasteiger partial charge in [-0.3, -0.25) is 4.79 Å². The Morgan fingerprint density at radius 2 is 2.35 bits per heavy atom. The van der Waals surface area contributed by atoms with Crippen LogP contribution < -0.4 is 5.73 Å². The first-order chi connectivity index (χ1) is 9.65. The summed E-state index contributed by atoms with van der Waals surface area (Å²) in [6.45, 7) is 4.10. The van der Waals surface area contributed by atoms with E-state index in [0.29, 0.717) is 17.8 Å². The number of hydrogen-bond acceptors (Lipinski definition) is 3. The monoisotopic (exact) mass is 273 g/mol. The molecule has 0 bridgehead atoms. The van der Waals surface area contributed by atoms with Gasteiger partial charge in [-0.1, -0.05) is 0 Å². The number of nitrogen functional groups attached to an aromatic ring is 1. The van der Waals surface area contributed by atoms with Crippen LogP contribution in [-0.4, -0.2) is 41.6 Å². The lowest BCUT2D eigenvalue weighted by molar-refractivity contribution is 0.0564. The van der Waals surface area contributed by atoms with Crippen LogP contribution in [0, 0.1) is 0 Å². The molecule has 0 radical (unpaired) electrons. The maximum atomic E-state index is 12.7. The predicted molar refractivity (Wildman–Crippen MR) is 78.6 cm³/mol. The van der Waals surface area contributed by atoms with Gasteiger partial charge in [0, 0.05) is 42.5 Å². The smallest absolute Gasteiger partial charge is 0.256 e. The Labute approximate surface area is 117 Å². The lowest BCUT2D eigenvalue weighted by Crippen LogP contribution is -2.35. The minimum absolute atomic E-state index is 0.0540. The average Bonchev–Trinajstić information content (AvgIpc) is 2.71. The molecule has 5 heteroatoms. The van der Waals surface area contributed by atoms with Gasteiger partial charge < -0.3 is 20.4 Å². The van der Waals surface area contributed by atoms with Gasteiger partial charge in [0.25, 0.3) is 5.91 Å². The highest BCUT2D eigenvalue weighted by Crippen LogP contribution is 2.22. The normalized spacial score (nSPS) is 20.1. The second-order valence-electron chi connectivity index (χ2n) is 5.29. The fourth-order valence-electron chi connectivity index (χ4n) is 2.67. The van der Waals surface area contributed by atoms with Crippen LogP contribution >= 0.6 is 0 Å². The van der Waals surface area contributed by atoms with E-state index in [1.165, 1.54) is 0 Å². The first-order valence-electron chi connectivity index (χ1n) is 6.92. The van der Waals surface area contributed by atoms with E-state index in [1.54, 1.807) is 6.20 Å². The number of carbonyl (C=O) groups is 1. The van der Waals surface area contributed by atoms with Crippen molar-refractivity contribution in [3.8, 4) is 0 Å². The molecule has 3 rings (SSSR count). The highest BCUT2D eigenvalue weighted by atomic mass is 16.5. The van der Waals surface area contributed by atoms with Gasteiger partial charge in [0.05, 0.1) is 11.7 Å². The molecule has 1 amide bonds. The van der Waals surface area contributed by atoms with E-state index in [0.717, 1.165) is 30.5 Å². The Morgan fingerprint density at radius 1 is 1.50 bits per heavy atom. The second-order valence-corrected chi connectivity index (χ2v) is 5.29.